The highest BCUT2D eigenvalue weighted by molar-refractivity contribution is 9.10. The Bertz CT molecular complexity index is 488. The summed E-state index contributed by atoms with van der Waals surface area (Å²) in [6, 6.07) is 4.04. The molecule has 0 aliphatic carbocycles. The van der Waals surface area contributed by atoms with Gasteiger partial charge in [-0.1, -0.05) is 0 Å². The maximum absolute atomic E-state index is 13.0. The molecule has 0 heterocycles. The first-order chi connectivity index (χ1) is 8.22. The molecule has 0 saturated carbocycles. The van der Waals surface area contributed by atoms with E-state index in [1.54, 1.807) is 0 Å². The number of rotatable bonds is 4. The summed E-state index contributed by atoms with van der Waals surface area (Å²) >= 11 is 3.00. The molecule has 0 atom stereocenters. The van der Waals surface area contributed by atoms with Crippen molar-refractivity contribution in [2.45, 2.75) is 20.3 Å². The summed E-state index contributed by atoms with van der Waals surface area (Å²) in [6.07, 6.45) is -0.155. The van der Waals surface area contributed by atoms with Gasteiger partial charge in [-0.25, -0.2) is 4.39 Å². The van der Waals surface area contributed by atoms with Gasteiger partial charge in [0.25, 0.3) is 0 Å². The van der Waals surface area contributed by atoms with Gasteiger partial charge in [-0.05, 0) is 48.0 Å². The summed E-state index contributed by atoms with van der Waals surface area (Å²) < 4.78 is 13.2. The van der Waals surface area contributed by atoms with Gasteiger partial charge in [-0.15, -0.1) is 0 Å². The van der Waals surface area contributed by atoms with Gasteiger partial charge >= 0.3 is 5.97 Å². The van der Waals surface area contributed by atoms with Crippen LogP contribution in [0.15, 0.2) is 22.7 Å². The highest BCUT2D eigenvalue weighted by Crippen LogP contribution is 2.23. The highest BCUT2D eigenvalue weighted by Gasteiger charge is 2.30. The fraction of sp³-hybridized carbons (Fsp3) is 0.333. The maximum Gasteiger partial charge on any atom is 0.309 e. The monoisotopic (exact) mass is 317 g/mol. The smallest absolute Gasteiger partial charge is 0.309 e. The predicted molar refractivity (Wildman–Crippen MR) is 68.8 cm³/mol. The van der Waals surface area contributed by atoms with Crippen LogP contribution >= 0.6 is 15.9 Å². The van der Waals surface area contributed by atoms with Crippen molar-refractivity contribution in [1.82, 2.24) is 0 Å². The summed E-state index contributed by atoms with van der Waals surface area (Å²) in [5, 5.41) is 11.4. The van der Waals surface area contributed by atoms with Crippen molar-refractivity contribution in [2.24, 2.45) is 5.41 Å². The van der Waals surface area contributed by atoms with Crippen molar-refractivity contribution in [3.8, 4) is 0 Å². The normalized spacial score (nSPS) is 11.1. The van der Waals surface area contributed by atoms with E-state index in [1.165, 1.54) is 32.0 Å². The lowest BCUT2D eigenvalue weighted by molar-refractivity contribution is -0.148. The van der Waals surface area contributed by atoms with Gasteiger partial charge in [-0.3, -0.25) is 9.59 Å². The topological polar surface area (TPSA) is 66.4 Å². The summed E-state index contributed by atoms with van der Waals surface area (Å²) in [5.74, 6) is -1.90. The second-order valence-corrected chi connectivity index (χ2v) is 5.40. The van der Waals surface area contributed by atoms with Crippen molar-refractivity contribution in [1.29, 1.82) is 0 Å². The molecule has 1 aromatic rings. The Morgan fingerprint density at radius 1 is 1.44 bits per heavy atom. The number of carbonyl (C=O) groups excluding carboxylic acids is 1. The van der Waals surface area contributed by atoms with Crippen LogP contribution in [0.4, 0.5) is 10.1 Å². The quantitative estimate of drug-likeness (QED) is 0.897. The molecule has 0 bridgehead atoms. The minimum Gasteiger partial charge on any atom is -0.481 e. The number of amides is 1. The Labute approximate surface area is 112 Å². The fourth-order valence-electron chi connectivity index (χ4n) is 1.26. The third-order valence-corrected chi connectivity index (χ3v) is 2.99. The Balaban J connectivity index is 2.71. The molecule has 4 nitrogen and oxygen atoms in total. The van der Waals surface area contributed by atoms with Crippen LogP contribution in [0.3, 0.4) is 0 Å². The first-order valence-corrected chi connectivity index (χ1v) is 6.00. The standard InChI is InChI=1S/C12H13BrFNO3/c1-12(2,11(17)18)6-10(16)15-7-3-4-9(14)8(13)5-7/h3-5H,6H2,1-2H3,(H,15,16)(H,17,18). The molecule has 18 heavy (non-hydrogen) atoms. The van der Waals surface area contributed by atoms with Gasteiger partial charge in [0.2, 0.25) is 5.91 Å². The molecule has 0 fully saturated rings. The third-order valence-electron chi connectivity index (χ3n) is 2.38. The number of aliphatic carboxylic acids is 1. The lowest BCUT2D eigenvalue weighted by Crippen LogP contribution is -2.29. The highest BCUT2D eigenvalue weighted by atomic mass is 79.9. The summed E-state index contributed by atoms with van der Waals surface area (Å²) in [7, 11) is 0. The largest absolute Gasteiger partial charge is 0.481 e. The van der Waals surface area contributed by atoms with Crippen molar-refractivity contribution in [3.05, 3.63) is 28.5 Å². The molecule has 6 heteroatoms. The Morgan fingerprint density at radius 3 is 2.56 bits per heavy atom. The Kier molecular flexibility index (Phi) is 4.45. The number of carbonyl (C=O) groups is 2. The number of carboxylic acid groups (broad SMARTS) is 1. The Hall–Kier alpha value is -1.43. The van der Waals surface area contributed by atoms with E-state index in [4.69, 9.17) is 5.11 Å². The number of anilines is 1. The van der Waals surface area contributed by atoms with Crippen LogP contribution in [-0.2, 0) is 9.59 Å². The van der Waals surface area contributed by atoms with Gasteiger partial charge in [-0.2, -0.15) is 0 Å². The molecule has 1 aromatic carbocycles. The molecular weight excluding hydrogens is 305 g/mol. The van der Waals surface area contributed by atoms with Gasteiger partial charge in [0, 0.05) is 12.1 Å². The maximum atomic E-state index is 13.0. The van der Waals surface area contributed by atoms with E-state index in [0.717, 1.165) is 0 Å². The number of carboxylic acids is 1. The van der Waals surface area contributed by atoms with Crippen molar-refractivity contribution >= 4 is 33.5 Å². The second kappa shape index (κ2) is 5.48. The van der Waals surface area contributed by atoms with Crippen molar-refractivity contribution in [3.63, 3.8) is 0 Å². The SMILES string of the molecule is CC(C)(CC(=O)Nc1ccc(F)c(Br)c1)C(=O)O. The molecule has 0 aromatic heterocycles. The van der Waals surface area contributed by atoms with Gasteiger partial charge < -0.3 is 10.4 Å². The van der Waals surface area contributed by atoms with E-state index in [0.29, 0.717) is 5.69 Å². The molecule has 1 amide bonds. The number of halogens is 2. The summed E-state index contributed by atoms with van der Waals surface area (Å²) in [5.41, 5.74) is -0.726. The average Bonchev–Trinajstić information content (AvgIpc) is 2.22. The van der Waals surface area contributed by atoms with Crippen molar-refractivity contribution < 1.29 is 19.1 Å². The first-order valence-electron chi connectivity index (χ1n) is 5.20. The lowest BCUT2D eigenvalue weighted by atomic mass is 9.89. The number of hydrogen-bond acceptors (Lipinski definition) is 2. The molecule has 0 spiro atoms. The molecule has 0 aliphatic heterocycles. The zero-order valence-corrected chi connectivity index (χ0v) is 11.5. The second-order valence-electron chi connectivity index (χ2n) is 4.54. The fourth-order valence-corrected chi connectivity index (χ4v) is 1.63. The molecule has 0 aliphatic rings. The third kappa shape index (κ3) is 3.80. The van der Waals surface area contributed by atoms with Gasteiger partial charge in [0.1, 0.15) is 5.82 Å². The van der Waals surface area contributed by atoms with Crippen LogP contribution in [0.25, 0.3) is 0 Å². The predicted octanol–water partition coefficient (Wildman–Crippen LogP) is 3.03. The zero-order chi connectivity index (χ0) is 13.9. The van der Waals surface area contributed by atoms with Crippen LogP contribution in [-0.4, -0.2) is 17.0 Å². The van der Waals surface area contributed by atoms with E-state index >= 15 is 0 Å². The minimum absolute atomic E-state index is 0.155. The zero-order valence-electron chi connectivity index (χ0n) is 9.96. The Morgan fingerprint density at radius 2 is 2.06 bits per heavy atom. The van der Waals surface area contributed by atoms with Crippen LogP contribution in [0.2, 0.25) is 0 Å². The average molecular weight is 318 g/mol. The molecule has 98 valence electrons. The minimum atomic E-state index is -1.14. The molecule has 2 N–H and O–H groups in total. The molecule has 0 unspecified atom stereocenters. The number of nitrogens with one attached hydrogen (secondary N) is 1. The molecule has 0 saturated heterocycles. The summed E-state index contributed by atoms with van der Waals surface area (Å²) in [6.45, 7) is 2.94. The van der Waals surface area contributed by atoms with E-state index in [2.05, 4.69) is 21.2 Å². The first kappa shape index (κ1) is 14.6. The van der Waals surface area contributed by atoms with Gasteiger partial charge in [0.15, 0.2) is 0 Å². The van der Waals surface area contributed by atoms with E-state index in [-0.39, 0.29) is 10.9 Å². The number of hydrogen-bond donors (Lipinski definition) is 2. The molecular formula is C12H13BrFNO3. The van der Waals surface area contributed by atoms with E-state index in [9.17, 15) is 14.0 Å². The van der Waals surface area contributed by atoms with Crippen LogP contribution in [0.1, 0.15) is 20.3 Å². The van der Waals surface area contributed by atoms with Crippen molar-refractivity contribution in [2.75, 3.05) is 5.32 Å². The van der Waals surface area contributed by atoms with Crippen LogP contribution in [0, 0.1) is 11.2 Å². The number of benzene rings is 1. The summed E-state index contributed by atoms with van der Waals surface area (Å²) in [4.78, 5) is 22.5. The van der Waals surface area contributed by atoms with E-state index in [1.807, 2.05) is 0 Å². The van der Waals surface area contributed by atoms with Gasteiger partial charge in [0.05, 0.1) is 9.89 Å². The molecule has 1 rings (SSSR count). The van der Waals surface area contributed by atoms with Crippen LogP contribution < -0.4 is 5.32 Å². The lowest BCUT2D eigenvalue weighted by Gasteiger charge is -2.18. The molecule has 0 radical (unpaired) electrons. The van der Waals surface area contributed by atoms with E-state index < -0.39 is 23.1 Å². The van der Waals surface area contributed by atoms with Crippen LogP contribution in [0.5, 0.6) is 0 Å².